The molecule has 0 aromatic rings. The van der Waals surface area contributed by atoms with Crippen LogP contribution in [0.2, 0.25) is 0 Å². The van der Waals surface area contributed by atoms with Crippen molar-refractivity contribution < 1.29 is 4.74 Å². The molecule has 0 saturated heterocycles. The smallest absolute Gasteiger partial charge is 0.0892 e. The maximum absolute atomic E-state index is 6.23. The van der Waals surface area contributed by atoms with Crippen LogP contribution >= 0.6 is 11.6 Å². The monoisotopic (exact) mass is 188 g/mol. The van der Waals surface area contributed by atoms with Gasteiger partial charge in [-0.3, -0.25) is 0 Å². The third-order valence-corrected chi connectivity index (χ3v) is 3.92. The van der Waals surface area contributed by atoms with Crippen molar-refractivity contribution in [2.45, 2.75) is 50.0 Å². The largest absolute Gasteiger partial charge is 0.373 e. The Labute approximate surface area is 79.4 Å². The van der Waals surface area contributed by atoms with Gasteiger partial charge in [0.15, 0.2) is 0 Å². The van der Waals surface area contributed by atoms with E-state index in [9.17, 15) is 0 Å². The topological polar surface area (TPSA) is 9.23 Å². The molecule has 2 rings (SSSR count). The van der Waals surface area contributed by atoms with E-state index in [1.807, 2.05) is 0 Å². The van der Waals surface area contributed by atoms with Crippen LogP contribution in [0.3, 0.4) is 0 Å². The van der Waals surface area contributed by atoms with E-state index < -0.39 is 0 Å². The van der Waals surface area contributed by atoms with E-state index in [4.69, 9.17) is 16.3 Å². The van der Waals surface area contributed by atoms with Gasteiger partial charge >= 0.3 is 0 Å². The van der Waals surface area contributed by atoms with E-state index in [-0.39, 0.29) is 5.60 Å². The van der Waals surface area contributed by atoms with E-state index in [0.29, 0.717) is 11.3 Å². The minimum absolute atomic E-state index is 0.121. The molecule has 0 amide bonds. The zero-order valence-corrected chi connectivity index (χ0v) is 8.44. The maximum Gasteiger partial charge on any atom is 0.0892 e. The molecule has 70 valence electrons. The highest BCUT2D eigenvalue weighted by atomic mass is 35.5. The summed E-state index contributed by atoms with van der Waals surface area (Å²) in [6, 6.07) is 0. The van der Waals surface area contributed by atoms with Gasteiger partial charge in [0.1, 0.15) is 0 Å². The van der Waals surface area contributed by atoms with Crippen molar-refractivity contribution in [2.24, 2.45) is 5.92 Å². The lowest BCUT2D eigenvalue weighted by Gasteiger charge is -2.21. The standard InChI is InChI=1S/C10H17ClO/c1-2-7-12-10-6-4-3-5-8(10)9(10)11/h8-9H,2-7H2,1H3. The molecule has 0 radical (unpaired) electrons. The second-order valence-electron chi connectivity index (χ2n) is 4.06. The molecule has 3 atom stereocenters. The summed E-state index contributed by atoms with van der Waals surface area (Å²) in [7, 11) is 0. The normalized spacial score (nSPS) is 45.5. The van der Waals surface area contributed by atoms with Crippen LogP contribution in [0.4, 0.5) is 0 Å². The fourth-order valence-corrected chi connectivity index (χ4v) is 3.07. The van der Waals surface area contributed by atoms with Crippen LogP contribution in [0.25, 0.3) is 0 Å². The van der Waals surface area contributed by atoms with Crippen molar-refractivity contribution in [2.75, 3.05) is 6.61 Å². The Bertz CT molecular complexity index is 171. The lowest BCUT2D eigenvalue weighted by Crippen LogP contribution is -2.22. The van der Waals surface area contributed by atoms with Crippen molar-refractivity contribution in [3.63, 3.8) is 0 Å². The summed E-state index contributed by atoms with van der Waals surface area (Å²) in [4.78, 5) is 0. The van der Waals surface area contributed by atoms with E-state index in [1.54, 1.807) is 0 Å². The molecule has 3 unspecified atom stereocenters. The Kier molecular flexibility index (Phi) is 2.35. The third-order valence-electron chi connectivity index (χ3n) is 3.25. The highest BCUT2D eigenvalue weighted by Gasteiger charge is 2.65. The van der Waals surface area contributed by atoms with Crippen molar-refractivity contribution in [3.05, 3.63) is 0 Å². The van der Waals surface area contributed by atoms with Crippen LogP contribution in [-0.4, -0.2) is 17.6 Å². The van der Waals surface area contributed by atoms with Gasteiger partial charge in [-0.2, -0.15) is 0 Å². The Hall–Kier alpha value is 0.250. The first-order valence-electron chi connectivity index (χ1n) is 5.09. The molecule has 1 nitrogen and oxygen atoms in total. The Morgan fingerprint density at radius 2 is 2.33 bits per heavy atom. The predicted molar refractivity (Wildman–Crippen MR) is 50.6 cm³/mol. The lowest BCUT2D eigenvalue weighted by atomic mass is 9.98. The van der Waals surface area contributed by atoms with Gasteiger partial charge in [-0.25, -0.2) is 0 Å². The highest BCUT2D eigenvalue weighted by Crippen LogP contribution is 2.59. The lowest BCUT2D eigenvalue weighted by molar-refractivity contribution is 0.00443. The van der Waals surface area contributed by atoms with Crippen LogP contribution in [0, 0.1) is 5.92 Å². The Morgan fingerprint density at radius 1 is 1.50 bits per heavy atom. The van der Waals surface area contributed by atoms with Crippen molar-refractivity contribution in [1.29, 1.82) is 0 Å². The molecule has 0 spiro atoms. The van der Waals surface area contributed by atoms with Gasteiger partial charge < -0.3 is 4.74 Å². The van der Waals surface area contributed by atoms with Crippen molar-refractivity contribution in [3.8, 4) is 0 Å². The number of rotatable bonds is 3. The highest BCUT2D eigenvalue weighted by molar-refractivity contribution is 6.24. The molecule has 2 fully saturated rings. The summed E-state index contributed by atoms with van der Waals surface area (Å²) in [5.41, 5.74) is 0.121. The van der Waals surface area contributed by atoms with Crippen LogP contribution in [0.5, 0.6) is 0 Å². The molecule has 0 heterocycles. The van der Waals surface area contributed by atoms with Gasteiger partial charge in [0.2, 0.25) is 0 Å². The minimum Gasteiger partial charge on any atom is -0.373 e. The van der Waals surface area contributed by atoms with Crippen LogP contribution in [0.1, 0.15) is 39.0 Å². The fourth-order valence-electron chi connectivity index (χ4n) is 2.47. The SMILES string of the molecule is CCCOC12CCCCC1C2Cl. The van der Waals surface area contributed by atoms with Gasteiger partial charge in [0, 0.05) is 12.5 Å². The van der Waals surface area contributed by atoms with Gasteiger partial charge in [0.25, 0.3) is 0 Å². The van der Waals surface area contributed by atoms with E-state index in [1.165, 1.54) is 25.7 Å². The molecule has 2 aliphatic carbocycles. The van der Waals surface area contributed by atoms with Crippen LogP contribution < -0.4 is 0 Å². The Balaban J connectivity index is 1.92. The average molecular weight is 189 g/mol. The minimum atomic E-state index is 0.121. The second-order valence-corrected chi connectivity index (χ2v) is 4.53. The maximum atomic E-state index is 6.23. The van der Waals surface area contributed by atoms with Crippen LogP contribution in [0.15, 0.2) is 0 Å². The molecule has 2 aliphatic rings. The predicted octanol–water partition coefficient (Wildman–Crippen LogP) is 2.96. The van der Waals surface area contributed by atoms with Gasteiger partial charge in [0.05, 0.1) is 11.0 Å². The molecular weight excluding hydrogens is 172 g/mol. The van der Waals surface area contributed by atoms with E-state index in [0.717, 1.165) is 13.0 Å². The molecule has 2 heteroatoms. The molecule has 0 bridgehead atoms. The van der Waals surface area contributed by atoms with Crippen LogP contribution in [-0.2, 0) is 4.74 Å². The number of hydrogen-bond acceptors (Lipinski definition) is 1. The first-order valence-corrected chi connectivity index (χ1v) is 5.53. The summed E-state index contributed by atoms with van der Waals surface area (Å²) in [6.07, 6.45) is 6.26. The number of ether oxygens (including phenoxy) is 1. The first-order chi connectivity index (χ1) is 5.81. The van der Waals surface area contributed by atoms with Gasteiger partial charge in [-0.15, -0.1) is 11.6 Å². The van der Waals surface area contributed by atoms with Crippen molar-refractivity contribution >= 4 is 11.6 Å². The van der Waals surface area contributed by atoms with Crippen molar-refractivity contribution in [1.82, 2.24) is 0 Å². The zero-order valence-electron chi connectivity index (χ0n) is 7.68. The number of alkyl halides is 1. The molecule has 12 heavy (non-hydrogen) atoms. The summed E-state index contributed by atoms with van der Waals surface area (Å²) >= 11 is 6.23. The van der Waals surface area contributed by atoms with E-state index >= 15 is 0 Å². The van der Waals surface area contributed by atoms with E-state index in [2.05, 4.69) is 6.92 Å². The third kappa shape index (κ3) is 1.18. The average Bonchev–Trinajstić information content (AvgIpc) is 2.71. The zero-order chi connectivity index (χ0) is 8.60. The van der Waals surface area contributed by atoms with Gasteiger partial charge in [-0.05, 0) is 19.3 Å². The second kappa shape index (κ2) is 3.19. The first kappa shape index (κ1) is 8.83. The Morgan fingerprint density at radius 3 is 3.00 bits per heavy atom. The summed E-state index contributed by atoms with van der Waals surface area (Å²) in [5, 5.41) is 0.326. The molecule has 0 aromatic heterocycles. The number of fused-ring (bicyclic) bond motifs is 1. The summed E-state index contributed by atoms with van der Waals surface area (Å²) in [5.74, 6) is 0.680. The molecule has 0 aromatic carbocycles. The quantitative estimate of drug-likeness (QED) is 0.619. The molecule has 2 saturated carbocycles. The number of hydrogen-bond donors (Lipinski definition) is 0. The summed E-state index contributed by atoms with van der Waals surface area (Å²) < 4.78 is 5.87. The molecular formula is C10H17ClO. The number of halogens is 1. The fraction of sp³-hybridized carbons (Fsp3) is 1.00. The molecule has 0 aliphatic heterocycles. The van der Waals surface area contributed by atoms with Gasteiger partial charge in [-0.1, -0.05) is 19.8 Å². The molecule has 0 N–H and O–H groups in total. The summed E-state index contributed by atoms with van der Waals surface area (Å²) in [6.45, 7) is 3.04.